The summed E-state index contributed by atoms with van der Waals surface area (Å²) in [6.45, 7) is 9.95. The number of halogens is 1. The lowest BCUT2D eigenvalue weighted by atomic mass is 10.1. The van der Waals surface area contributed by atoms with Crippen LogP contribution >= 0.6 is 11.6 Å². The van der Waals surface area contributed by atoms with Gasteiger partial charge in [-0.2, -0.15) is 0 Å². The summed E-state index contributed by atoms with van der Waals surface area (Å²) in [4.78, 5) is 2.32. The molecule has 106 valence electrons. The Labute approximate surface area is 120 Å². The van der Waals surface area contributed by atoms with Gasteiger partial charge in [-0.25, -0.2) is 0 Å². The molecule has 1 fully saturated rings. The Morgan fingerprint density at radius 2 is 2.00 bits per heavy atom. The highest BCUT2D eigenvalue weighted by atomic mass is 35.5. The van der Waals surface area contributed by atoms with Gasteiger partial charge in [0.25, 0.3) is 0 Å². The van der Waals surface area contributed by atoms with Crippen molar-refractivity contribution in [1.29, 1.82) is 0 Å². The van der Waals surface area contributed by atoms with Crippen LogP contribution in [-0.4, -0.2) is 31.8 Å². The fourth-order valence-corrected chi connectivity index (χ4v) is 2.88. The van der Waals surface area contributed by atoms with E-state index in [1.807, 2.05) is 0 Å². The van der Waals surface area contributed by atoms with E-state index in [-0.39, 0.29) is 12.2 Å². The molecule has 0 saturated carbocycles. The summed E-state index contributed by atoms with van der Waals surface area (Å²) in [5.41, 5.74) is 2.34. The number of rotatable bonds is 4. The quantitative estimate of drug-likeness (QED) is 0.919. The van der Waals surface area contributed by atoms with E-state index in [0.717, 1.165) is 36.9 Å². The van der Waals surface area contributed by atoms with Gasteiger partial charge in [-0.3, -0.25) is 0 Å². The van der Waals surface area contributed by atoms with Crippen molar-refractivity contribution >= 4 is 17.3 Å². The van der Waals surface area contributed by atoms with Crippen LogP contribution in [0.2, 0.25) is 5.02 Å². The first-order chi connectivity index (χ1) is 9.10. The Kier molecular flexibility index (Phi) is 5.08. The van der Waals surface area contributed by atoms with Crippen LogP contribution in [0.15, 0.2) is 18.2 Å². The molecule has 0 radical (unpaired) electrons. The van der Waals surface area contributed by atoms with Gasteiger partial charge in [-0.05, 0) is 38.1 Å². The van der Waals surface area contributed by atoms with Crippen molar-refractivity contribution < 1.29 is 4.74 Å². The topological polar surface area (TPSA) is 24.5 Å². The van der Waals surface area contributed by atoms with E-state index < -0.39 is 0 Å². The van der Waals surface area contributed by atoms with Gasteiger partial charge in [0.1, 0.15) is 0 Å². The molecule has 2 unspecified atom stereocenters. The number of nitrogens with zero attached hydrogens (tertiary/aromatic N) is 1. The third-order valence-corrected chi connectivity index (χ3v) is 3.65. The second-order valence-corrected chi connectivity index (χ2v) is 5.64. The Morgan fingerprint density at radius 3 is 2.58 bits per heavy atom. The molecule has 0 bridgehead atoms. The highest BCUT2D eigenvalue weighted by Crippen LogP contribution is 2.29. The van der Waals surface area contributed by atoms with E-state index in [1.165, 1.54) is 5.56 Å². The second kappa shape index (κ2) is 6.60. The molecule has 2 rings (SSSR count). The van der Waals surface area contributed by atoms with E-state index in [0.29, 0.717) is 0 Å². The zero-order valence-electron chi connectivity index (χ0n) is 11.9. The number of nitrogens with one attached hydrogen (secondary N) is 1. The summed E-state index contributed by atoms with van der Waals surface area (Å²) in [6, 6.07) is 6.33. The van der Waals surface area contributed by atoms with Crippen molar-refractivity contribution in [1.82, 2.24) is 5.32 Å². The second-order valence-electron chi connectivity index (χ2n) is 5.23. The molecule has 1 aromatic rings. The van der Waals surface area contributed by atoms with Crippen molar-refractivity contribution in [3.63, 3.8) is 0 Å². The highest BCUT2D eigenvalue weighted by Gasteiger charge is 2.23. The molecule has 2 atom stereocenters. The average Bonchev–Trinajstić information content (AvgIpc) is 2.35. The zero-order valence-corrected chi connectivity index (χ0v) is 12.7. The van der Waals surface area contributed by atoms with E-state index in [1.54, 1.807) is 0 Å². The lowest BCUT2D eigenvalue weighted by Crippen LogP contribution is -2.45. The van der Waals surface area contributed by atoms with Gasteiger partial charge in [-0.1, -0.05) is 24.6 Å². The molecule has 0 aromatic heterocycles. The van der Waals surface area contributed by atoms with E-state index in [4.69, 9.17) is 16.3 Å². The molecule has 0 aliphatic carbocycles. The molecular formula is C15H23ClN2O. The summed E-state index contributed by atoms with van der Waals surface area (Å²) >= 11 is 6.43. The molecule has 1 heterocycles. The average molecular weight is 283 g/mol. The molecule has 1 aliphatic heterocycles. The first-order valence-corrected chi connectivity index (χ1v) is 7.37. The molecule has 1 aliphatic rings. The standard InChI is InChI=1S/C15H23ClN2O/c1-4-17-8-13-5-6-15(14(16)7-13)18-9-11(2)19-12(3)10-18/h5-7,11-12,17H,4,8-10H2,1-3H3. The third kappa shape index (κ3) is 3.85. The van der Waals surface area contributed by atoms with Crippen LogP contribution in [-0.2, 0) is 11.3 Å². The lowest BCUT2D eigenvalue weighted by Gasteiger charge is -2.37. The van der Waals surface area contributed by atoms with Crippen molar-refractivity contribution in [3.05, 3.63) is 28.8 Å². The molecule has 1 N–H and O–H groups in total. The molecule has 3 nitrogen and oxygen atoms in total. The number of ether oxygens (including phenoxy) is 1. The molecule has 1 saturated heterocycles. The van der Waals surface area contributed by atoms with Crippen molar-refractivity contribution in [2.45, 2.75) is 39.5 Å². The minimum Gasteiger partial charge on any atom is -0.372 e. The minimum atomic E-state index is 0.251. The van der Waals surface area contributed by atoms with Gasteiger partial charge in [0.15, 0.2) is 0 Å². The molecule has 1 aromatic carbocycles. The fraction of sp³-hybridized carbons (Fsp3) is 0.600. The largest absolute Gasteiger partial charge is 0.372 e. The summed E-state index contributed by atoms with van der Waals surface area (Å²) < 4.78 is 5.76. The van der Waals surface area contributed by atoms with Crippen molar-refractivity contribution in [2.75, 3.05) is 24.5 Å². The summed E-state index contributed by atoms with van der Waals surface area (Å²) in [7, 11) is 0. The van der Waals surface area contributed by atoms with Gasteiger partial charge >= 0.3 is 0 Å². The van der Waals surface area contributed by atoms with Gasteiger partial charge < -0.3 is 15.0 Å². The minimum absolute atomic E-state index is 0.251. The number of benzene rings is 1. The normalized spacial score (nSPS) is 23.7. The monoisotopic (exact) mass is 282 g/mol. The molecule has 0 amide bonds. The maximum atomic E-state index is 6.43. The van der Waals surface area contributed by atoms with Gasteiger partial charge in [0, 0.05) is 19.6 Å². The van der Waals surface area contributed by atoms with Crippen molar-refractivity contribution in [2.24, 2.45) is 0 Å². The molecule has 4 heteroatoms. The van der Waals surface area contributed by atoms with Crippen LogP contribution in [0.3, 0.4) is 0 Å². The SMILES string of the molecule is CCNCc1ccc(N2CC(C)OC(C)C2)c(Cl)c1. The van der Waals surface area contributed by atoms with Crippen LogP contribution in [0.5, 0.6) is 0 Å². The van der Waals surface area contributed by atoms with Crippen molar-refractivity contribution in [3.8, 4) is 0 Å². The molecular weight excluding hydrogens is 260 g/mol. The first-order valence-electron chi connectivity index (χ1n) is 6.99. The Hall–Kier alpha value is -0.770. The molecule has 0 spiro atoms. The Morgan fingerprint density at radius 1 is 1.32 bits per heavy atom. The third-order valence-electron chi connectivity index (χ3n) is 3.35. The number of hydrogen-bond donors (Lipinski definition) is 1. The van der Waals surface area contributed by atoms with Crippen LogP contribution in [0.25, 0.3) is 0 Å². The predicted molar refractivity (Wildman–Crippen MR) is 81.1 cm³/mol. The van der Waals surface area contributed by atoms with Gasteiger partial charge in [0.2, 0.25) is 0 Å². The molecule has 19 heavy (non-hydrogen) atoms. The van der Waals surface area contributed by atoms with Crippen LogP contribution in [0.4, 0.5) is 5.69 Å². The summed E-state index contributed by atoms with van der Waals surface area (Å²) in [5, 5.41) is 4.14. The van der Waals surface area contributed by atoms with Gasteiger partial charge in [0.05, 0.1) is 22.9 Å². The maximum Gasteiger partial charge on any atom is 0.0726 e. The smallest absolute Gasteiger partial charge is 0.0726 e. The number of hydrogen-bond acceptors (Lipinski definition) is 3. The van der Waals surface area contributed by atoms with Crippen LogP contribution in [0, 0.1) is 0 Å². The van der Waals surface area contributed by atoms with Crippen LogP contribution in [0.1, 0.15) is 26.3 Å². The maximum absolute atomic E-state index is 6.43. The summed E-state index contributed by atoms with van der Waals surface area (Å²) in [6.07, 6.45) is 0.502. The summed E-state index contributed by atoms with van der Waals surface area (Å²) in [5.74, 6) is 0. The lowest BCUT2D eigenvalue weighted by molar-refractivity contribution is -0.00520. The number of anilines is 1. The fourth-order valence-electron chi connectivity index (χ4n) is 2.56. The predicted octanol–water partition coefficient (Wildman–Crippen LogP) is 3.06. The zero-order chi connectivity index (χ0) is 13.8. The van der Waals surface area contributed by atoms with Crippen LogP contribution < -0.4 is 10.2 Å². The van der Waals surface area contributed by atoms with E-state index in [2.05, 4.69) is 49.2 Å². The van der Waals surface area contributed by atoms with E-state index >= 15 is 0 Å². The number of morpholine rings is 1. The Bertz CT molecular complexity index is 415. The van der Waals surface area contributed by atoms with Gasteiger partial charge in [-0.15, -0.1) is 0 Å². The van der Waals surface area contributed by atoms with E-state index in [9.17, 15) is 0 Å². The Balaban J connectivity index is 2.11. The first kappa shape index (κ1) is 14.6. The highest BCUT2D eigenvalue weighted by molar-refractivity contribution is 6.33.